The molecule has 3 rings (SSSR count). The van der Waals surface area contributed by atoms with Gasteiger partial charge < -0.3 is 10.2 Å². The number of nitrogens with one attached hydrogen (secondary N) is 1. The van der Waals surface area contributed by atoms with Crippen LogP contribution in [0.1, 0.15) is 31.4 Å². The summed E-state index contributed by atoms with van der Waals surface area (Å²) in [4.78, 5) is 28.3. The highest BCUT2D eigenvalue weighted by Crippen LogP contribution is 2.31. The number of carbonyl (C=O) groups is 2. The maximum absolute atomic E-state index is 14.0. The number of rotatable bonds is 11. The van der Waals surface area contributed by atoms with E-state index in [1.807, 2.05) is 6.92 Å². The first kappa shape index (κ1) is 32.0. The first-order valence-corrected chi connectivity index (χ1v) is 15.4. The molecule has 0 radical (unpaired) electrons. The Morgan fingerprint density at radius 2 is 1.55 bits per heavy atom. The van der Waals surface area contributed by atoms with Gasteiger partial charge in [-0.1, -0.05) is 77.1 Å². The summed E-state index contributed by atoms with van der Waals surface area (Å²) in [6, 6.07) is 14.5. The van der Waals surface area contributed by atoms with E-state index in [0.717, 1.165) is 9.87 Å². The van der Waals surface area contributed by atoms with Crippen molar-refractivity contribution < 1.29 is 18.0 Å². The molecule has 214 valence electrons. The fourth-order valence-corrected chi connectivity index (χ4v) is 6.22. The zero-order valence-corrected chi connectivity index (χ0v) is 26.0. The largest absolute Gasteiger partial charge is 0.355 e. The van der Waals surface area contributed by atoms with Gasteiger partial charge in [-0.2, -0.15) is 0 Å². The molecule has 0 aliphatic rings. The Morgan fingerprint density at radius 1 is 0.875 bits per heavy atom. The van der Waals surface area contributed by atoms with Crippen LogP contribution >= 0.6 is 46.4 Å². The van der Waals surface area contributed by atoms with Gasteiger partial charge in [-0.15, -0.1) is 0 Å². The van der Waals surface area contributed by atoms with Crippen LogP contribution in [-0.2, 0) is 26.2 Å². The molecular weight excluding hydrogens is 616 g/mol. The lowest BCUT2D eigenvalue weighted by atomic mass is 10.1. The predicted octanol–water partition coefficient (Wildman–Crippen LogP) is 6.75. The Bertz CT molecular complexity index is 1480. The summed E-state index contributed by atoms with van der Waals surface area (Å²) >= 11 is 24.8. The highest BCUT2D eigenvalue weighted by molar-refractivity contribution is 7.92. The Balaban J connectivity index is 2.10. The number of amides is 2. The van der Waals surface area contributed by atoms with Crippen LogP contribution in [0.2, 0.25) is 20.1 Å². The summed E-state index contributed by atoms with van der Waals surface area (Å²) in [5.74, 6) is -0.989. The summed E-state index contributed by atoms with van der Waals surface area (Å²) in [5, 5.41) is 3.82. The second-order valence-electron chi connectivity index (χ2n) is 9.00. The lowest BCUT2D eigenvalue weighted by Crippen LogP contribution is -2.52. The number of benzene rings is 3. The maximum atomic E-state index is 14.0. The Morgan fingerprint density at radius 3 is 2.12 bits per heavy atom. The van der Waals surface area contributed by atoms with Gasteiger partial charge in [0, 0.05) is 23.1 Å². The average Bonchev–Trinajstić information content (AvgIpc) is 2.90. The van der Waals surface area contributed by atoms with Gasteiger partial charge in [0.2, 0.25) is 11.8 Å². The lowest BCUT2D eigenvalue weighted by Gasteiger charge is -2.33. The van der Waals surface area contributed by atoms with E-state index >= 15 is 0 Å². The molecule has 0 fully saturated rings. The summed E-state index contributed by atoms with van der Waals surface area (Å²) in [5.41, 5.74) is 1.55. The number of likely N-dealkylation sites (N-methyl/N-ethyl adjacent to an activating group) is 1. The van der Waals surface area contributed by atoms with Gasteiger partial charge in [-0.3, -0.25) is 13.9 Å². The number of halogens is 4. The lowest BCUT2D eigenvalue weighted by molar-refractivity contribution is -0.140. The molecule has 0 aromatic heterocycles. The minimum Gasteiger partial charge on any atom is -0.355 e. The van der Waals surface area contributed by atoms with Crippen LogP contribution in [0.25, 0.3) is 0 Å². The van der Waals surface area contributed by atoms with Crippen molar-refractivity contribution in [3.05, 3.63) is 91.9 Å². The van der Waals surface area contributed by atoms with Crippen molar-refractivity contribution >= 4 is 73.9 Å². The fraction of sp³-hybridized carbons (Fsp3) is 0.286. The first-order valence-electron chi connectivity index (χ1n) is 12.4. The first-order chi connectivity index (χ1) is 18.9. The number of hydrogen-bond acceptors (Lipinski definition) is 4. The van der Waals surface area contributed by atoms with Crippen LogP contribution in [0.3, 0.4) is 0 Å². The summed E-state index contributed by atoms with van der Waals surface area (Å²) < 4.78 is 28.7. The van der Waals surface area contributed by atoms with Crippen molar-refractivity contribution in [2.24, 2.45) is 0 Å². The standard InChI is InChI=1S/C28H29Cl4N3O4S/c1-4-26(28(37)33-5-2)34(16-19-8-9-20(29)14-24(19)31)27(36)17-35(21-10-13-23(30)25(32)15-21)40(38,39)22-11-6-18(3)7-12-22/h6-15,26H,4-5,16-17H2,1-3H3,(H,33,37)/t26-/m0/s1. The molecule has 0 unspecified atom stereocenters. The monoisotopic (exact) mass is 643 g/mol. The number of carbonyl (C=O) groups excluding carboxylic acids is 2. The van der Waals surface area contributed by atoms with Crippen molar-refractivity contribution in [3.63, 3.8) is 0 Å². The van der Waals surface area contributed by atoms with Gasteiger partial charge >= 0.3 is 0 Å². The molecule has 0 spiro atoms. The zero-order chi connectivity index (χ0) is 29.6. The third kappa shape index (κ3) is 7.62. The zero-order valence-electron chi connectivity index (χ0n) is 22.1. The number of aryl methyl sites for hydroxylation is 1. The molecule has 7 nitrogen and oxygen atoms in total. The smallest absolute Gasteiger partial charge is 0.264 e. The quantitative estimate of drug-likeness (QED) is 0.250. The van der Waals surface area contributed by atoms with E-state index in [1.165, 1.54) is 41.3 Å². The second kappa shape index (κ2) is 13.9. The molecule has 0 bridgehead atoms. The molecule has 0 heterocycles. The Kier molecular flexibility index (Phi) is 11.1. The van der Waals surface area contributed by atoms with E-state index in [9.17, 15) is 18.0 Å². The Hall–Kier alpha value is -2.49. The topological polar surface area (TPSA) is 86.8 Å². The fourth-order valence-electron chi connectivity index (χ4n) is 4.05. The van der Waals surface area contributed by atoms with Gasteiger partial charge in [0.15, 0.2) is 0 Å². The Labute approximate surface area is 255 Å². The minimum absolute atomic E-state index is 0.0139. The molecule has 0 aliphatic heterocycles. The molecule has 2 amide bonds. The van der Waals surface area contributed by atoms with Crippen LogP contribution in [0, 0.1) is 6.92 Å². The van der Waals surface area contributed by atoms with Gasteiger partial charge in [-0.25, -0.2) is 8.42 Å². The van der Waals surface area contributed by atoms with Gasteiger partial charge in [0.1, 0.15) is 12.6 Å². The van der Waals surface area contributed by atoms with E-state index in [2.05, 4.69) is 5.32 Å². The third-order valence-corrected chi connectivity index (χ3v) is 9.29. The maximum Gasteiger partial charge on any atom is 0.264 e. The summed E-state index contributed by atoms with van der Waals surface area (Å²) in [6.45, 7) is 5.06. The van der Waals surface area contributed by atoms with Gasteiger partial charge in [-0.05, 0) is 68.3 Å². The van der Waals surface area contributed by atoms with Crippen molar-refractivity contribution in [1.29, 1.82) is 0 Å². The molecule has 0 saturated carbocycles. The number of nitrogens with zero attached hydrogens (tertiary/aromatic N) is 2. The van der Waals surface area contributed by atoms with Crippen molar-refractivity contribution in [2.75, 3.05) is 17.4 Å². The van der Waals surface area contributed by atoms with Gasteiger partial charge in [0.25, 0.3) is 10.0 Å². The van der Waals surface area contributed by atoms with Crippen LogP contribution in [0.5, 0.6) is 0 Å². The molecule has 0 aliphatic carbocycles. The molecule has 3 aromatic rings. The van der Waals surface area contributed by atoms with Gasteiger partial charge in [0.05, 0.1) is 20.6 Å². The molecule has 3 aromatic carbocycles. The molecule has 1 N–H and O–H groups in total. The van der Waals surface area contributed by atoms with E-state index < -0.39 is 28.5 Å². The van der Waals surface area contributed by atoms with Crippen molar-refractivity contribution in [3.8, 4) is 0 Å². The minimum atomic E-state index is -4.24. The molecule has 40 heavy (non-hydrogen) atoms. The van der Waals surface area contributed by atoms with E-state index in [0.29, 0.717) is 22.2 Å². The molecule has 1 atom stereocenters. The third-order valence-electron chi connectivity index (χ3n) is 6.17. The summed E-state index contributed by atoms with van der Waals surface area (Å²) in [6.07, 6.45) is 0.278. The molecular formula is C28H29Cl4N3O4S. The van der Waals surface area contributed by atoms with Crippen molar-refractivity contribution in [1.82, 2.24) is 10.2 Å². The number of anilines is 1. The summed E-state index contributed by atoms with van der Waals surface area (Å²) in [7, 11) is -4.24. The number of hydrogen-bond donors (Lipinski definition) is 1. The van der Waals surface area contributed by atoms with Crippen LogP contribution in [0.4, 0.5) is 5.69 Å². The van der Waals surface area contributed by atoms with E-state index in [-0.39, 0.29) is 39.5 Å². The highest BCUT2D eigenvalue weighted by atomic mass is 35.5. The molecule has 0 saturated heterocycles. The second-order valence-corrected chi connectivity index (χ2v) is 12.5. The van der Waals surface area contributed by atoms with Crippen LogP contribution in [0.15, 0.2) is 65.6 Å². The van der Waals surface area contributed by atoms with Crippen molar-refractivity contribution in [2.45, 2.75) is 44.7 Å². The highest BCUT2D eigenvalue weighted by Gasteiger charge is 2.34. The SMILES string of the molecule is CCNC(=O)[C@H](CC)N(Cc1ccc(Cl)cc1Cl)C(=O)CN(c1ccc(Cl)c(Cl)c1)S(=O)(=O)c1ccc(C)cc1. The predicted molar refractivity (Wildman–Crippen MR) is 162 cm³/mol. The van der Waals surface area contributed by atoms with E-state index in [4.69, 9.17) is 46.4 Å². The van der Waals surface area contributed by atoms with Crippen LogP contribution in [-0.4, -0.2) is 44.3 Å². The van der Waals surface area contributed by atoms with Crippen LogP contribution < -0.4 is 9.62 Å². The van der Waals surface area contributed by atoms with E-state index in [1.54, 1.807) is 38.1 Å². The average molecular weight is 645 g/mol. The molecule has 12 heteroatoms. The number of sulfonamides is 1. The normalized spacial score (nSPS) is 12.1.